The van der Waals surface area contributed by atoms with Crippen molar-refractivity contribution in [3.63, 3.8) is 0 Å². The Morgan fingerprint density at radius 1 is 1.38 bits per heavy atom. The zero-order chi connectivity index (χ0) is 17.7. The molecule has 6 nitrogen and oxygen atoms in total. The first-order chi connectivity index (χ1) is 11.4. The van der Waals surface area contributed by atoms with Crippen LogP contribution in [0.2, 0.25) is 0 Å². The summed E-state index contributed by atoms with van der Waals surface area (Å²) in [6.45, 7) is 3.73. The Hall–Kier alpha value is -2.34. The molecule has 0 fully saturated rings. The van der Waals surface area contributed by atoms with Crippen molar-refractivity contribution in [1.82, 2.24) is 15.1 Å². The average Bonchev–Trinajstić information content (AvgIpc) is 2.89. The first kappa shape index (κ1) is 18.0. The highest BCUT2D eigenvalue weighted by Crippen LogP contribution is 2.20. The van der Waals surface area contributed by atoms with Crippen molar-refractivity contribution in [2.75, 3.05) is 7.11 Å². The molecule has 0 aliphatic carbocycles. The summed E-state index contributed by atoms with van der Waals surface area (Å²) in [5.74, 6) is 0.646. The molecule has 0 aliphatic heterocycles. The van der Waals surface area contributed by atoms with E-state index in [0.29, 0.717) is 12.8 Å². The molecular formula is C18H25N3O3. The average molecular weight is 331 g/mol. The van der Waals surface area contributed by atoms with E-state index in [9.17, 15) is 9.90 Å². The van der Waals surface area contributed by atoms with Crippen LogP contribution in [0.25, 0.3) is 0 Å². The lowest BCUT2D eigenvalue weighted by Gasteiger charge is -2.21. The summed E-state index contributed by atoms with van der Waals surface area (Å²) in [6.07, 6.45) is 2.17. The van der Waals surface area contributed by atoms with Crippen LogP contribution in [0.1, 0.15) is 36.3 Å². The summed E-state index contributed by atoms with van der Waals surface area (Å²) in [6, 6.07) is 6.80. The third-order valence-corrected chi connectivity index (χ3v) is 4.06. The lowest BCUT2D eigenvalue weighted by Crippen LogP contribution is -2.37. The molecule has 0 saturated heterocycles. The number of hydrogen-bond donors (Lipinski definition) is 2. The van der Waals surface area contributed by atoms with Crippen LogP contribution in [0.3, 0.4) is 0 Å². The summed E-state index contributed by atoms with van der Waals surface area (Å²) in [4.78, 5) is 12.1. The quantitative estimate of drug-likeness (QED) is 0.812. The van der Waals surface area contributed by atoms with Gasteiger partial charge in [-0.25, -0.2) is 0 Å². The Morgan fingerprint density at radius 3 is 2.58 bits per heavy atom. The molecule has 0 saturated carbocycles. The second-order valence-corrected chi connectivity index (χ2v) is 5.99. The fraction of sp³-hybridized carbons (Fsp3) is 0.444. The van der Waals surface area contributed by atoms with Crippen molar-refractivity contribution in [2.45, 2.75) is 38.8 Å². The molecule has 0 spiro atoms. The van der Waals surface area contributed by atoms with Gasteiger partial charge in [0.15, 0.2) is 0 Å². The van der Waals surface area contributed by atoms with Crippen LogP contribution in [0.4, 0.5) is 0 Å². The Labute approximate surface area is 142 Å². The smallest absolute Gasteiger partial charge is 0.220 e. The molecule has 0 bridgehead atoms. The normalized spacial score (nSPS) is 13.4. The molecule has 130 valence electrons. The van der Waals surface area contributed by atoms with Crippen LogP contribution in [-0.4, -0.2) is 33.9 Å². The molecule has 6 heteroatoms. The maximum absolute atomic E-state index is 12.1. The number of carbonyl (C=O) groups excluding carboxylic acids is 1. The van der Waals surface area contributed by atoms with Gasteiger partial charge < -0.3 is 15.2 Å². The minimum absolute atomic E-state index is 0.0849. The minimum Gasteiger partial charge on any atom is -0.497 e. The summed E-state index contributed by atoms with van der Waals surface area (Å²) in [5.41, 5.74) is 2.75. The van der Waals surface area contributed by atoms with Crippen LogP contribution in [-0.2, 0) is 18.3 Å². The SMILES string of the molecule is COc1ccc(C(O)C(C)NC(=O)CCc2cn(C)nc2C)cc1. The number of methoxy groups -OCH3 is 1. The minimum atomic E-state index is -0.764. The monoisotopic (exact) mass is 331 g/mol. The van der Waals surface area contributed by atoms with Gasteiger partial charge in [0.05, 0.1) is 24.9 Å². The Balaban J connectivity index is 1.86. The van der Waals surface area contributed by atoms with Crippen LogP contribution in [0.15, 0.2) is 30.5 Å². The van der Waals surface area contributed by atoms with Crippen molar-refractivity contribution in [1.29, 1.82) is 0 Å². The number of aliphatic hydroxyl groups is 1. The molecule has 24 heavy (non-hydrogen) atoms. The second-order valence-electron chi connectivity index (χ2n) is 5.99. The van der Waals surface area contributed by atoms with Gasteiger partial charge in [-0.05, 0) is 43.5 Å². The number of carbonyl (C=O) groups is 1. The first-order valence-electron chi connectivity index (χ1n) is 8.01. The number of aromatic nitrogens is 2. The Morgan fingerprint density at radius 2 is 2.04 bits per heavy atom. The highest BCUT2D eigenvalue weighted by atomic mass is 16.5. The van der Waals surface area contributed by atoms with Crippen molar-refractivity contribution >= 4 is 5.91 Å². The summed E-state index contributed by atoms with van der Waals surface area (Å²) in [7, 11) is 3.46. The number of rotatable bonds is 7. The molecule has 1 aromatic heterocycles. The van der Waals surface area contributed by atoms with E-state index >= 15 is 0 Å². The molecule has 2 atom stereocenters. The van der Waals surface area contributed by atoms with Gasteiger partial charge in [-0.3, -0.25) is 9.48 Å². The molecule has 2 unspecified atom stereocenters. The number of nitrogens with one attached hydrogen (secondary N) is 1. The number of nitrogens with zero attached hydrogens (tertiary/aromatic N) is 2. The lowest BCUT2D eigenvalue weighted by molar-refractivity contribution is -0.122. The third-order valence-electron chi connectivity index (χ3n) is 4.06. The van der Waals surface area contributed by atoms with Gasteiger partial charge in [0.25, 0.3) is 0 Å². The Kier molecular flexibility index (Phi) is 5.98. The molecule has 2 N–H and O–H groups in total. The molecule has 2 aromatic rings. The van der Waals surface area contributed by atoms with Gasteiger partial charge in [-0.15, -0.1) is 0 Å². The zero-order valence-corrected chi connectivity index (χ0v) is 14.6. The standard InChI is InChI=1S/C18H25N3O3/c1-12-15(11-21(3)20-12)7-10-17(22)19-13(2)18(23)14-5-8-16(24-4)9-6-14/h5-6,8-9,11,13,18,23H,7,10H2,1-4H3,(H,19,22). The predicted octanol–water partition coefficient (Wildman–Crippen LogP) is 1.91. The van der Waals surface area contributed by atoms with E-state index in [2.05, 4.69) is 10.4 Å². The van der Waals surface area contributed by atoms with Crippen molar-refractivity contribution in [3.05, 3.63) is 47.3 Å². The van der Waals surface area contributed by atoms with E-state index in [1.54, 1.807) is 43.0 Å². The molecule has 1 heterocycles. The van der Waals surface area contributed by atoms with Crippen molar-refractivity contribution in [3.8, 4) is 5.75 Å². The number of benzene rings is 1. The van der Waals surface area contributed by atoms with Gasteiger partial charge in [0.2, 0.25) is 5.91 Å². The third kappa shape index (κ3) is 4.58. The fourth-order valence-corrected chi connectivity index (χ4v) is 2.64. The summed E-state index contributed by atoms with van der Waals surface area (Å²) < 4.78 is 6.85. The number of aliphatic hydroxyl groups excluding tert-OH is 1. The van der Waals surface area contributed by atoms with E-state index in [1.165, 1.54) is 0 Å². The number of hydrogen-bond acceptors (Lipinski definition) is 4. The maximum Gasteiger partial charge on any atom is 0.220 e. The largest absolute Gasteiger partial charge is 0.497 e. The molecule has 2 rings (SSSR count). The first-order valence-corrected chi connectivity index (χ1v) is 8.01. The summed E-state index contributed by atoms with van der Waals surface area (Å²) in [5, 5.41) is 17.5. The van der Waals surface area contributed by atoms with E-state index < -0.39 is 6.10 Å². The molecule has 0 radical (unpaired) electrons. The highest BCUT2D eigenvalue weighted by molar-refractivity contribution is 5.76. The zero-order valence-electron chi connectivity index (χ0n) is 14.6. The molecular weight excluding hydrogens is 306 g/mol. The molecule has 0 aliphatic rings. The fourth-order valence-electron chi connectivity index (χ4n) is 2.64. The van der Waals surface area contributed by atoms with Crippen molar-refractivity contribution < 1.29 is 14.6 Å². The van der Waals surface area contributed by atoms with Gasteiger partial charge in [0, 0.05) is 19.7 Å². The van der Waals surface area contributed by atoms with Crippen LogP contribution in [0.5, 0.6) is 5.75 Å². The summed E-state index contributed by atoms with van der Waals surface area (Å²) >= 11 is 0. The number of amides is 1. The highest BCUT2D eigenvalue weighted by Gasteiger charge is 2.18. The van der Waals surface area contributed by atoms with Crippen LogP contribution >= 0.6 is 0 Å². The maximum atomic E-state index is 12.1. The van der Waals surface area contributed by atoms with Gasteiger partial charge in [0.1, 0.15) is 5.75 Å². The Bertz CT molecular complexity index is 679. The molecule has 1 aromatic carbocycles. The van der Waals surface area contributed by atoms with E-state index in [1.807, 2.05) is 20.2 Å². The number of aryl methyl sites for hydroxylation is 3. The van der Waals surface area contributed by atoms with E-state index in [-0.39, 0.29) is 11.9 Å². The van der Waals surface area contributed by atoms with Gasteiger partial charge in [-0.1, -0.05) is 12.1 Å². The van der Waals surface area contributed by atoms with Gasteiger partial charge in [-0.2, -0.15) is 5.10 Å². The van der Waals surface area contributed by atoms with Gasteiger partial charge >= 0.3 is 0 Å². The van der Waals surface area contributed by atoms with Crippen molar-refractivity contribution in [2.24, 2.45) is 7.05 Å². The second kappa shape index (κ2) is 7.97. The topological polar surface area (TPSA) is 76.4 Å². The number of ether oxygens (including phenoxy) is 1. The predicted molar refractivity (Wildman–Crippen MR) is 91.8 cm³/mol. The van der Waals surface area contributed by atoms with Crippen LogP contribution < -0.4 is 10.1 Å². The van der Waals surface area contributed by atoms with E-state index in [4.69, 9.17) is 4.74 Å². The van der Waals surface area contributed by atoms with Crippen LogP contribution in [0, 0.1) is 6.92 Å². The van der Waals surface area contributed by atoms with E-state index in [0.717, 1.165) is 22.6 Å². The lowest BCUT2D eigenvalue weighted by atomic mass is 10.0. The molecule has 1 amide bonds.